The largest absolute Gasteiger partial charge is 0.497 e. The number of fused-ring (bicyclic) bond motifs is 1. The minimum Gasteiger partial charge on any atom is -0.497 e. The number of rotatable bonds is 6. The van der Waals surface area contributed by atoms with Crippen LogP contribution in [0.3, 0.4) is 0 Å². The van der Waals surface area contributed by atoms with Gasteiger partial charge in [0.05, 0.1) is 14.2 Å². The van der Waals surface area contributed by atoms with Crippen molar-refractivity contribution < 1.29 is 24.1 Å². The molecule has 31 heavy (non-hydrogen) atoms. The van der Waals surface area contributed by atoms with Crippen LogP contribution in [0.1, 0.15) is 22.3 Å². The van der Waals surface area contributed by atoms with Crippen LogP contribution < -0.4 is 14.2 Å². The van der Waals surface area contributed by atoms with Crippen molar-refractivity contribution in [1.82, 2.24) is 0 Å². The molecule has 0 aliphatic carbocycles. The first-order valence-electron chi connectivity index (χ1n) is 9.79. The zero-order valence-electron chi connectivity index (χ0n) is 17.3. The molecule has 1 aliphatic heterocycles. The molecule has 3 aromatic rings. The summed E-state index contributed by atoms with van der Waals surface area (Å²) in [4.78, 5) is 10.9. The number of carboxylic acid groups (broad SMARTS) is 1. The van der Waals surface area contributed by atoms with Crippen LogP contribution in [0, 0.1) is 0 Å². The Morgan fingerprint density at radius 2 is 1.68 bits per heavy atom. The van der Waals surface area contributed by atoms with Gasteiger partial charge < -0.3 is 19.3 Å². The van der Waals surface area contributed by atoms with Gasteiger partial charge in [-0.25, -0.2) is 4.79 Å². The SMILES string of the molecule is COc1ccc(C2=C(c3cccc(C=CC(=O)O)c3)c3ccc(OC)cc3OC2)cc1. The summed E-state index contributed by atoms with van der Waals surface area (Å²) in [6, 6.07) is 21.5. The second-order valence-corrected chi connectivity index (χ2v) is 7.03. The second kappa shape index (κ2) is 8.79. The highest BCUT2D eigenvalue weighted by Gasteiger charge is 2.23. The third-order valence-electron chi connectivity index (χ3n) is 5.16. The summed E-state index contributed by atoms with van der Waals surface area (Å²) >= 11 is 0. The van der Waals surface area contributed by atoms with Gasteiger partial charge in [-0.3, -0.25) is 0 Å². The Morgan fingerprint density at radius 1 is 0.935 bits per heavy atom. The Balaban J connectivity index is 1.90. The monoisotopic (exact) mass is 414 g/mol. The third-order valence-corrected chi connectivity index (χ3v) is 5.16. The molecule has 5 nitrogen and oxygen atoms in total. The summed E-state index contributed by atoms with van der Waals surface area (Å²) in [7, 11) is 3.27. The van der Waals surface area contributed by atoms with E-state index in [0.717, 1.165) is 56.7 Å². The molecule has 5 heteroatoms. The fourth-order valence-electron chi connectivity index (χ4n) is 3.66. The van der Waals surface area contributed by atoms with E-state index in [1.807, 2.05) is 66.7 Å². The maximum absolute atomic E-state index is 10.9. The molecule has 0 amide bonds. The van der Waals surface area contributed by atoms with Gasteiger partial charge in [0, 0.05) is 23.3 Å². The fourth-order valence-corrected chi connectivity index (χ4v) is 3.66. The molecule has 0 bridgehead atoms. The lowest BCUT2D eigenvalue weighted by molar-refractivity contribution is -0.131. The number of ether oxygens (including phenoxy) is 3. The van der Waals surface area contributed by atoms with Crippen LogP contribution in [0.15, 0.2) is 72.8 Å². The number of carbonyl (C=O) groups is 1. The summed E-state index contributed by atoms with van der Waals surface area (Å²) in [5, 5.41) is 8.97. The zero-order valence-corrected chi connectivity index (χ0v) is 17.3. The Labute approximate surface area is 180 Å². The summed E-state index contributed by atoms with van der Waals surface area (Å²) in [5.41, 5.74) is 5.86. The van der Waals surface area contributed by atoms with E-state index < -0.39 is 5.97 Å². The van der Waals surface area contributed by atoms with Crippen molar-refractivity contribution in [2.24, 2.45) is 0 Å². The van der Waals surface area contributed by atoms with Crippen molar-refractivity contribution in [2.45, 2.75) is 0 Å². The van der Waals surface area contributed by atoms with Crippen molar-refractivity contribution in [3.63, 3.8) is 0 Å². The smallest absolute Gasteiger partial charge is 0.328 e. The Bertz CT molecular complexity index is 1170. The van der Waals surface area contributed by atoms with Gasteiger partial charge in [0.15, 0.2) is 0 Å². The van der Waals surface area contributed by atoms with Gasteiger partial charge in [0.1, 0.15) is 23.9 Å². The third kappa shape index (κ3) is 4.31. The first-order valence-corrected chi connectivity index (χ1v) is 9.79. The lowest BCUT2D eigenvalue weighted by Gasteiger charge is -2.25. The van der Waals surface area contributed by atoms with Crippen LogP contribution in [0.4, 0.5) is 0 Å². The number of aliphatic carboxylic acids is 1. The number of hydrogen-bond donors (Lipinski definition) is 1. The molecule has 156 valence electrons. The van der Waals surface area contributed by atoms with E-state index in [-0.39, 0.29) is 0 Å². The summed E-state index contributed by atoms with van der Waals surface area (Å²) in [6.45, 7) is 0.400. The van der Waals surface area contributed by atoms with Gasteiger partial charge in [-0.05, 0) is 58.7 Å². The van der Waals surface area contributed by atoms with Gasteiger partial charge in [0.25, 0.3) is 0 Å². The molecule has 0 aromatic heterocycles. The first kappa shape index (κ1) is 20.3. The number of benzene rings is 3. The molecular formula is C26H22O5. The van der Waals surface area contributed by atoms with Crippen molar-refractivity contribution in [3.05, 3.63) is 95.1 Å². The van der Waals surface area contributed by atoms with Crippen LogP contribution in [0.2, 0.25) is 0 Å². The highest BCUT2D eigenvalue weighted by molar-refractivity contribution is 6.02. The van der Waals surface area contributed by atoms with E-state index in [1.165, 1.54) is 0 Å². The normalized spacial score (nSPS) is 13.0. The Hall–Kier alpha value is -3.99. The van der Waals surface area contributed by atoms with Crippen LogP contribution in [-0.2, 0) is 4.79 Å². The zero-order chi connectivity index (χ0) is 21.8. The summed E-state index contributed by atoms with van der Waals surface area (Å²) in [5.74, 6) is 1.28. The van der Waals surface area contributed by atoms with E-state index in [9.17, 15) is 4.79 Å². The van der Waals surface area contributed by atoms with E-state index >= 15 is 0 Å². The van der Waals surface area contributed by atoms with Crippen LogP contribution in [-0.4, -0.2) is 31.9 Å². The lowest BCUT2D eigenvalue weighted by atomic mass is 9.87. The molecule has 4 rings (SSSR count). The molecule has 1 aliphatic rings. The minimum atomic E-state index is -0.980. The highest BCUT2D eigenvalue weighted by Crippen LogP contribution is 2.42. The van der Waals surface area contributed by atoms with Crippen LogP contribution >= 0.6 is 0 Å². The molecule has 3 aromatic carbocycles. The van der Waals surface area contributed by atoms with Crippen LogP contribution in [0.5, 0.6) is 17.2 Å². The van der Waals surface area contributed by atoms with E-state index in [1.54, 1.807) is 20.3 Å². The van der Waals surface area contributed by atoms with Gasteiger partial charge in [-0.2, -0.15) is 0 Å². The van der Waals surface area contributed by atoms with Gasteiger partial charge in [-0.15, -0.1) is 0 Å². The predicted octanol–water partition coefficient (Wildman–Crippen LogP) is 5.15. The quantitative estimate of drug-likeness (QED) is 0.565. The second-order valence-electron chi connectivity index (χ2n) is 7.03. The molecule has 0 radical (unpaired) electrons. The van der Waals surface area contributed by atoms with Crippen molar-refractivity contribution in [2.75, 3.05) is 20.8 Å². The molecule has 0 fully saturated rings. The van der Waals surface area contributed by atoms with Gasteiger partial charge in [-0.1, -0.05) is 30.3 Å². The van der Waals surface area contributed by atoms with Gasteiger partial charge >= 0.3 is 5.97 Å². The van der Waals surface area contributed by atoms with E-state index in [0.29, 0.717) is 6.61 Å². The van der Waals surface area contributed by atoms with Crippen molar-refractivity contribution in [3.8, 4) is 17.2 Å². The molecule has 0 unspecified atom stereocenters. The predicted molar refractivity (Wildman–Crippen MR) is 121 cm³/mol. The average Bonchev–Trinajstić information content (AvgIpc) is 2.81. The standard InChI is InChI=1S/C26H22O5/c1-29-20-9-7-18(8-10-20)23-16-31-24-15-21(30-2)11-12-22(24)26(23)19-5-3-4-17(14-19)6-13-25(27)28/h3-15H,16H2,1-2H3,(H,27,28). The number of carboxylic acids is 1. The number of methoxy groups -OCH3 is 2. The lowest BCUT2D eigenvalue weighted by Crippen LogP contribution is -2.12. The summed E-state index contributed by atoms with van der Waals surface area (Å²) in [6.07, 6.45) is 2.73. The molecule has 0 atom stereocenters. The molecule has 0 spiro atoms. The van der Waals surface area contributed by atoms with Gasteiger partial charge in [0.2, 0.25) is 0 Å². The van der Waals surface area contributed by atoms with Crippen molar-refractivity contribution in [1.29, 1.82) is 0 Å². The summed E-state index contributed by atoms with van der Waals surface area (Å²) < 4.78 is 16.7. The maximum Gasteiger partial charge on any atom is 0.328 e. The fraction of sp³-hybridized carbons (Fsp3) is 0.115. The minimum absolute atomic E-state index is 0.400. The van der Waals surface area contributed by atoms with Crippen molar-refractivity contribution >= 4 is 23.2 Å². The van der Waals surface area contributed by atoms with Crippen LogP contribution in [0.25, 0.3) is 17.2 Å². The first-order chi connectivity index (χ1) is 15.1. The average molecular weight is 414 g/mol. The van der Waals surface area contributed by atoms with E-state index in [2.05, 4.69) is 0 Å². The maximum atomic E-state index is 10.9. The number of hydrogen-bond acceptors (Lipinski definition) is 4. The molecular weight excluding hydrogens is 392 g/mol. The van der Waals surface area contributed by atoms with E-state index in [4.69, 9.17) is 19.3 Å². The molecule has 1 heterocycles. The Morgan fingerprint density at radius 3 is 2.39 bits per heavy atom. The molecule has 1 N–H and O–H groups in total. The Kier molecular flexibility index (Phi) is 5.76. The highest BCUT2D eigenvalue weighted by atomic mass is 16.5. The topological polar surface area (TPSA) is 65.0 Å². The molecule has 0 saturated heterocycles. The molecule has 0 saturated carbocycles.